The summed E-state index contributed by atoms with van der Waals surface area (Å²) in [7, 11) is 0. The van der Waals surface area contributed by atoms with E-state index in [1.54, 1.807) is 6.07 Å². The summed E-state index contributed by atoms with van der Waals surface area (Å²) in [4.78, 5) is 0. The first kappa shape index (κ1) is 16.5. The highest BCUT2D eigenvalue weighted by Crippen LogP contribution is 2.35. The van der Waals surface area contributed by atoms with Crippen LogP contribution in [0.3, 0.4) is 0 Å². The highest BCUT2D eigenvalue weighted by atomic mass is 35.5. The quantitative estimate of drug-likeness (QED) is 0.549. The van der Waals surface area contributed by atoms with Crippen LogP contribution < -0.4 is 4.74 Å². The van der Waals surface area contributed by atoms with Gasteiger partial charge < -0.3 is 4.74 Å². The van der Waals surface area contributed by atoms with Gasteiger partial charge in [0.1, 0.15) is 34.0 Å². The van der Waals surface area contributed by atoms with Gasteiger partial charge in [0.25, 0.3) is 0 Å². The first-order valence-corrected chi connectivity index (χ1v) is 7.21. The van der Waals surface area contributed by atoms with E-state index < -0.39 is 27.5 Å². The molecular formula is C14H7Cl2F3N4O. The van der Waals surface area contributed by atoms with Gasteiger partial charge in [-0.15, -0.1) is 10.2 Å². The van der Waals surface area contributed by atoms with Crippen LogP contribution in [-0.4, -0.2) is 20.6 Å². The van der Waals surface area contributed by atoms with Crippen molar-refractivity contribution in [1.29, 1.82) is 0 Å². The van der Waals surface area contributed by atoms with Gasteiger partial charge in [0.05, 0.1) is 5.56 Å². The Hall–Kier alpha value is -2.32. The Bertz CT molecular complexity index is 890. The molecule has 1 aromatic heterocycles. The maximum absolute atomic E-state index is 14.5. The molecule has 0 saturated heterocycles. The van der Waals surface area contributed by atoms with Crippen molar-refractivity contribution in [3.8, 4) is 17.1 Å². The first-order valence-electron chi connectivity index (χ1n) is 6.46. The third-order valence-corrected chi connectivity index (χ3v) is 3.82. The molecule has 0 aliphatic carbocycles. The molecule has 124 valence electrons. The summed E-state index contributed by atoms with van der Waals surface area (Å²) >= 11 is 11.1. The van der Waals surface area contributed by atoms with E-state index in [0.29, 0.717) is 0 Å². The second-order valence-electron chi connectivity index (χ2n) is 4.60. The monoisotopic (exact) mass is 374 g/mol. The number of rotatable bonds is 4. The molecule has 0 saturated carbocycles. The van der Waals surface area contributed by atoms with E-state index in [1.165, 1.54) is 12.1 Å². The van der Waals surface area contributed by atoms with Crippen molar-refractivity contribution < 1.29 is 17.9 Å². The zero-order valence-electron chi connectivity index (χ0n) is 11.7. The van der Waals surface area contributed by atoms with Crippen LogP contribution in [0.15, 0.2) is 24.3 Å². The molecular weight excluding hydrogens is 368 g/mol. The summed E-state index contributed by atoms with van der Waals surface area (Å²) in [5.41, 5.74) is 0.216. The Labute approximate surface area is 143 Å². The van der Waals surface area contributed by atoms with E-state index in [2.05, 4.69) is 20.6 Å². The molecule has 0 fully saturated rings. The number of halogens is 5. The highest BCUT2D eigenvalue weighted by Gasteiger charge is 2.18. The van der Waals surface area contributed by atoms with E-state index >= 15 is 0 Å². The standard InChI is InChI=1S/C14H7Cl2F3N4O/c15-10-8(17)4-9(11(16)13(10)19)24-5-6-2-1-3-7(12(6)18)14-20-22-23-21-14/h1-4H,5H2,(H,20,21,22,23). The van der Waals surface area contributed by atoms with Crippen molar-refractivity contribution >= 4 is 23.2 Å². The van der Waals surface area contributed by atoms with Gasteiger partial charge in [0.2, 0.25) is 5.82 Å². The molecule has 0 radical (unpaired) electrons. The van der Waals surface area contributed by atoms with Gasteiger partial charge in [-0.25, -0.2) is 13.2 Å². The molecule has 0 aliphatic rings. The van der Waals surface area contributed by atoms with E-state index in [-0.39, 0.29) is 29.3 Å². The zero-order chi connectivity index (χ0) is 17.3. The Morgan fingerprint density at radius 1 is 1.08 bits per heavy atom. The van der Waals surface area contributed by atoms with Gasteiger partial charge in [0.15, 0.2) is 5.82 Å². The highest BCUT2D eigenvalue weighted by molar-refractivity contribution is 6.35. The third kappa shape index (κ3) is 3.02. The van der Waals surface area contributed by atoms with E-state index in [4.69, 9.17) is 27.9 Å². The van der Waals surface area contributed by atoms with Gasteiger partial charge in [-0.3, -0.25) is 0 Å². The van der Waals surface area contributed by atoms with Crippen LogP contribution in [0.2, 0.25) is 10.0 Å². The molecule has 0 amide bonds. The topological polar surface area (TPSA) is 63.7 Å². The van der Waals surface area contributed by atoms with Crippen molar-refractivity contribution in [2.24, 2.45) is 0 Å². The average molecular weight is 375 g/mol. The predicted molar refractivity (Wildman–Crippen MR) is 80.3 cm³/mol. The molecule has 0 atom stereocenters. The second kappa shape index (κ2) is 6.66. The van der Waals surface area contributed by atoms with Crippen molar-refractivity contribution in [2.45, 2.75) is 6.61 Å². The molecule has 3 rings (SSSR count). The molecule has 10 heteroatoms. The molecule has 0 spiro atoms. The Morgan fingerprint density at radius 2 is 1.88 bits per heavy atom. The Kier molecular flexibility index (Phi) is 4.59. The van der Waals surface area contributed by atoms with Gasteiger partial charge >= 0.3 is 0 Å². The number of ether oxygens (including phenoxy) is 1. The Morgan fingerprint density at radius 3 is 2.58 bits per heavy atom. The number of nitrogens with zero attached hydrogens (tertiary/aromatic N) is 3. The maximum atomic E-state index is 14.5. The van der Waals surface area contributed by atoms with Crippen molar-refractivity contribution in [1.82, 2.24) is 20.6 Å². The minimum atomic E-state index is -1.14. The number of hydrogen-bond donors (Lipinski definition) is 1. The summed E-state index contributed by atoms with van der Waals surface area (Å²) in [6, 6.07) is 5.28. The summed E-state index contributed by atoms with van der Waals surface area (Å²) in [6.45, 7) is -0.322. The van der Waals surface area contributed by atoms with Gasteiger partial charge in [-0.05, 0) is 11.3 Å². The van der Waals surface area contributed by atoms with E-state index in [9.17, 15) is 13.2 Å². The van der Waals surface area contributed by atoms with Crippen LogP contribution in [0.4, 0.5) is 13.2 Å². The normalized spacial score (nSPS) is 10.9. The number of aromatic amines is 1. The lowest BCUT2D eigenvalue weighted by molar-refractivity contribution is 0.297. The van der Waals surface area contributed by atoms with Crippen LogP contribution in [0.25, 0.3) is 11.4 Å². The molecule has 0 aliphatic heterocycles. The lowest BCUT2D eigenvalue weighted by Crippen LogP contribution is -2.02. The SMILES string of the molecule is Fc1cc(OCc2cccc(-c3nn[nH]n3)c2F)c(Cl)c(F)c1Cl. The number of H-pyrrole nitrogens is 1. The minimum Gasteiger partial charge on any atom is -0.487 e. The van der Waals surface area contributed by atoms with E-state index in [1.807, 2.05) is 0 Å². The summed E-state index contributed by atoms with van der Waals surface area (Å²) in [6.07, 6.45) is 0. The number of nitrogens with one attached hydrogen (secondary N) is 1. The lowest BCUT2D eigenvalue weighted by atomic mass is 10.1. The molecule has 3 aromatic rings. The summed E-state index contributed by atoms with van der Waals surface area (Å²) in [5.74, 6) is -3.05. The number of aromatic nitrogens is 4. The smallest absolute Gasteiger partial charge is 0.207 e. The predicted octanol–water partition coefficient (Wildman–Crippen LogP) is 4.17. The first-order chi connectivity index (χ1) is 11.5. The summed E-state index contributed by atoms with van der Waals surface area (Å²) < 4.78 is 46.8. The summed E-state index contributed by atoms with van der Waals surface area (Å²) in [5, 5.41) is 11.7. The molecule has 1 N–H and O–H groups in total. The molecule has 24 heavy (non-hydrogen) atoms. The number of benzene rings is 2. The third-order valence-electron chi connectivity index (χ3n) is 3.12. The number of hydrogen-bond acceptors (Lipinski definition) is 4. The second-order valence-corrected chi connectivity index (χ2v) is 5.36. The fourth-order valence-electron chi connectivity index (χ4n) is 1.95. The molecule has 0 bridgehead atoms. The van der Waals surface area contributed by atoms with Crippen LogP contribution in [0.1, 0.15) is 5.56 Å². The molecule has 2 aromatic carbocycles. The van der Waals surface area contributed by atoms with Gasteiger partial charge in [-0.1, -0.05) is 35.3 Å². The average Bonchev–Trinajstić information content (AvgIpc) is 3.10. The van der Waals surface area contributed by atoms with Crippen molar-refractivity contribution in [2.75, 3.05) is 0 Å². The molecule has 0 unspecified atom stereocenters. The fraction of sp³-hybridized carbons (Fsp3) is 0.0714. The largest absolute Gasteiger partial charge is 0.487 e. The van der Waals surface area contributed by atoms with Crippen LogP contribution in [0.5, 0.6) is 5.75 Å². The van der Waals surface area contributed by atoms with Crippen molar-refractivity contribution in [3.05, 3.63) is 57.3 Å². The van der Waals surface area contributed by atoms with Gasteiger partial charge in [0, 0.05) is 11.6 Å². The molecule has 1 heterocycles. The van der Waals surface area contributed by atoms with Crippen molar-refractivity contribution in [3.63, 3.8) is 0 Å². The maximum Gasteiger partial charge on any atom is 0.207 e. The van der Waals surface area contributed by atoms with E-state index in [0.717, 1.165) is 6.07 Å². The Balaban J connectivity index is 1.87. The van der Waals surface area contributed by atoms with Gasteiger partial charge in [-0.2, -0.15) is 5.21 Å². The zero-order valence-corrected chi connectivity index (χ0v) is 13.2. The molecule has 5 nitrogen and oxygen atoms in total. The fourth-order valence-corrected chi connectivity index (χ4v) is 2.35. The van der Waals surface area contributed by atoms with Crippen LogP contribution in [-0.2, 0) is 6.61 Å². The minimum absolute atomic E-state index is 0.0657. The lowest BCUT2D eigenvalue weighted by Gasteiger charge is -2.11. The van der Waals surface area contributed by atoms with Crippen LogP contribution >= 0.6 is 23.2 Å². The number of tetrazole rings is 1. The van der Waals surface area contributed by atoms with Crippen LogP contribution in [0, 0.1) is 17.5 Å².